The molecule has 0 aliphatic rings. The van der Waals surface area contributed by atoms with Crippen LogP contribution >= 0.6 is 48.0 Å². The molecule has 0 nitrogen and oxygen atoms in total. The van der Waals surface area contributed by atoms with E-state index in [4.69, 9.17) is 0 Å². The summed E-state index contributed by atoms with van der Waals surface area (Å²) in [5.41, 5.74) is 0. The Kier molecular flexibility index (Phi) is 30.5. The lowest BCUT2D eigenvalue weighted by Crippen LogP contribution is -1.77. The Balaban J connectivity index is -0.000000320. The van der Waals surface area contributed by atoms with E-state index in [2.05, 4.69) is 23.2 Å². The normalized spacial score (nSPS) is 8.09. The Hall–Kier alpha value is 1.99. The lowest BCUT2D eigenvalue weighted by Gasteiger charge is -1.96. The highest BCUT2D eigenvalue weighted by Gasteiger charge is 1.85. The Bertz CT molecular complexity index is 45.4. The minimum atomic E-state index is 0. The van der Waals surface area contributed by atoms with Crippen molar-refractivity contribution in [2.24, 2.45) is 0 Å². The first-order valence-corrected chi connectivity index (χ1v) is 4.93. The van der Waals surface area contributed by atoms with Crippen LogP contribution in [0.1, 0.15) is 45.4 Å². The molecule has 0 aromatic carbocycles. The number of hydrogen-bond acceptors (Lipinski definition) is 0. The van der Waals surface area contributed by atoms with Gasteiger partial charge in [0, 0.05) is 0 Å². The highest BCUT2D eigenvalue weighted by molar-refractivity contribution is 14.0. The average molecular weight is 396 g/mol. The largest absolute Gasteiger partial charge is 0.118 e. The molecule has 0 aliphatic carbocycles. The van der Waals surface area contributed by atoms with Gasteiger partial charge in [-0.15, -0.1) is 53.2 Å². The van der Waals surface area contributed by atoms with Gasteiger partial charge in [0.2, 0.25) is 0 Å². The highest BCUT2D eigenvalue weighted by atomic mass is 127. The number of hydrogen-bond donors (Lipinski definition) is 0. The van der Waals surface area contributed by atoms with Crippen LogP contribution in [0.3, 0.4) is 0 Å². The van der Waals surface area contributed by atoms with Crippen LogP contribution < -0.4 is 0 Å². The monoisotopic (exact) mass is 396 g/mol. The van der Waals surface area contributed by atoms with E-state index in [1.54, 1.807) is 0 Å². The molecule has 0 heterocycles. The minimum Gasteiger partial charge on any atom is -0.118 e. The molecule has 0 N–H and O–H groups in total. The van der Waals surface area contributed by atoms with Crippen molar-refractivity contribution in [3.05, 3.63) is 0 Å². The molecular weight excluding hydrogens is 377 g/mol. The van der Waals surface area contributed by atoms with Gasteiger partial charge in [0.15, 0.2) is 0 Å². The van der Waals surface area contributed by atoms with E-state index in [0.29, 0.717) is 0 Å². The predicted molar refractivity (Wildman–Crippen MR) is 74.8 cm³/mol. The Labute approximate surface area is 114 Å². The van der Waals surface area contributed by atoms with E-state index in [1.165, 1.54) is 43.8 Å². The third-order valence-electron chi connectivity index (χ3n) is 1.56. The van der Waals surface area contributed by atoms with Crippen molar-refractivity contribution in [3.63, 3.8) is 0 Å². The van der Waals surface area contributed by atoms with Crippen molar-refractivity contribution < 1.29 is 0 Å². The fourth-order valence-corrected chi connectivity index (χ4v) is 1.21. The van der Waals surface area contributed by atoms with Crippen LogP contribution in [-0.4, -0.2) is 16.3 Å². The zero-order chi connectivity index (χ0) is 6.95. The molecule has 0 aromatic rings. The zero-order valence-electron chi connectivity index (χ0n) is 7.34. The second-order valence-corrected chi connectivity index (χ2v) is 3.13. The van der Waals surface area contributed by atoms with Crippen molar-refractivity contribution in [2.75, 3.05) is 0 Å². The molecule has 0 rings (SSSR count). The van der Waals surface area contributed by atoms with Crippen LogP contribution in [0.25, 0.3) is 0 Å². The molecule has 0 saturated carbocycles. The molecule has 0 amide bonds. The van der Waals surface area contributed by atoms with Crippen LogP contribution in [0.5, 0.6) is 0 Å². The molecule has 0 bridgehead atoms. The fourth-order valence-electron chi connectivity index (χ4n) is 0.925. The van der Waals surface area contributed by atoms with Gasteiger partial charge in [-0.2, -0.15) is 0 Å². The maximum atomic E-state index is 2.78. The molecule has 68 valence electrons. The summed E-state index contributed by atoms with van der Waals surface area (Å²) < 4.78 is 0. The summed E-state index contributed by atoms with van der Waals surface area (Å²) in [7, 11) is 0. The van der Waals surface area contributed by atoms with Crippen molar-refractivity contribution >= 4 is 64.2 Å². The molecule has 0 fully saturated rings. The Morgan fingerprint density at radius 3 is 1.73 bits per heavy atom. The summed E-state index contributed by atoms with van der Waals surface area (Å²) in [6.45, 7) is 2.26. The molecule has 3 heteroatoms. The molecule has 0 aromatic heterocycles. The zero-order valence-corrected chi connectivity index (χ0v) is 13.2. The third kappa shape index (κ3) is 18.7. The van der Waals surface area contributed by atoms with E-state index >= 15 is 0 Å². The first-order valence-electron chi connectivity index (χ1n) is 4.12. The summed E-state index contributed by atoms with van der Waals surface area (Å²) in [6, 6.07) is 0. The predicted octanol–water partition coefficient (Wildman–Crippen LogP) is 4.17. The van der Waals surface area contributed by atoms with Gasteiger partial charge < -0.3 is 0 Å². The summed E-state index contributed by atoms with van der Waals surface area (Å²) >= 11 is 2.78. The lowest BCUT2D eigenvalue weighted by molar-refractivity contribution is 0.624. The van der Waals surface area contributed by atoms with Crippen LogP contribution in [0.15, 0.2) is 0 Å². The molecule has 0 spiro atoms. The molecule has 0 unspecified atom stereocenters. The number of rotatable bonds is 6. The third-order valence-corrected chi connectivity index (χ3v) is 1.97. The van der Waals surface area contributed by atoms with Gasteiger partial charge in [-0.25, -0.2) is 0 Å². The summed E-state index contributed by atoms with van der Waals surface area (Å²) in [4.78, 5) is 0. The van der Waals surface area contributed by atoms with Gasteiger partial charge in [0.25, 0.3) is 0 Å². The van der Waals surface area contributed by atoms with E-state index in [0.717, 1.165) is 0 Å². The Morgan fingerprint density at radius 2 is 1.27 bits per heavy atom. The highest BCUT2D eigenvalue weighted by Crippen LogP contribution is 2.05. The quantitative estimate of drug-likeness (QED) is 0.359. The lowest BCUT2D eigenvalue weighted by atomic mass is 10.1. The second kappa shape index (κ2) is 17.9. The topological polar surface area (TPSA) is 0 Å². The van der Waals surface area contributed by atoms with Crippen LogP contribution in [0.4, 0.5) is 0 Å². The molecule has 0 aliphatic heterocycles. The standard InChI is InChI=1S/C8H17.Al.2HI/c1-3-5-7-8-6-4-2;;;/h1,3-8H2,2H3;;2*1H. The first-order chi connectivity index (χ1) is 4.41. The van der Waals surface area contributed by atoms with Crippen molar-refractivity contribution in [1.82, 2.24) is 0 Å². The van der Waals surface area contributed by atoms with Gasteiger partial charge in [-0.3, -0.25) is 0 Å². The average Bonchev–Trinajstić information content (AvgIpc) is 1.89. The van der Waals surface area contributed by atoms with Gasteiger partial charge >= 0.3 is 0 Å². The summed E-state index contributed by atoms with van der Waals surface area (Å²) in [5.74, 6) is 0. The van der Waals surface area contributed by atoms with Crippen LogP contribution in [0.2, 0.25) is 5.28 Å². The minimum absolute atomic E-state index is 0. The van der Waals surface area contributed by atoms with E-state index < -0.39 is 0 Å². The Morgan fingerprint density at radius 1 is 0.818 bits per heavy atom. The smallest absolute Gasteiger partial charge is 0.118 e. The maximum absolute atomic E-state index is 2.78. The van der Waals surface area contributed by atoms with E-state index in [-0.39, 0.29) is 48.0 Å². The molecule has 11 heavy (non-hydrogen) atoms. The fraction of sp³-hybridized carbons (Fsp3) is 1.00. The van der Waals surface area contributed by atoms with Crippen molar-refractivity contribution in [3.8, 4) is 0 Å². The molecule has 0 saturated heterocycles. The summed E-state index contributed by atoms with van der Waals surface area (Å²) in [6.07, 6.45) is 8.51. The molecular formula is C8H19AlI2. The van der Waals surface area contributed by atoms with Gasteiger partial charge in [-0.1, -0.05) is 45.4 Å². The SMILES string of the molecule is CCCCCCC[CH2][Al].I.I. The number of halogens is 2. The first kappa shape index (κ1) is 18.7. The van der Waals surface area contributed by atoms with Gasteiger partial charge in [0.1, 0.15) is 16.3 Å². The van der Waals surface area contributed by atoms with Crippen molar-refractivity contribution in [1.29, 1.82) is 0 Å². The molecule has 2 radical (unpaired) electrons. The summed E-state index contributed by atoms with van der Waals surface area (Å²) in [5, 5.41) is 1.28. The molecule has 0 atom stereocenters. The van der Waals surface area contributed by atoms with Crippen molar-refractivity contribution in [2.45, 2.75) is 50.7 Å². The van der Waals surface area contributed by atoms with Crippen LogP contribution in [0, 0.1) is 0 Å². The van der Waals surface area contributed by atoms with E-state index in [1.807, 2.05) is 0 Å². The van der Waals surface area contributed by atoms with Gasteiger partial charge in [0.05, 0.1) is 0 Å². The second-order valence-electron chi connectivity index (χ2n) is 2.56. The number of unbranched alkanes of at least 4 members (excludes halogenated alkanes) is 5. The van der Waals surface area contributed by atoms with E-state index in [9.17, 15) is 0 Å². The maximum Gasteiger partial charge on any atom is 0.118 e. The van der Waals surface area contributed by atoms with Gasteiger partial charge in [-0.05, 0) is 0 Å². The van der Waals surface area contributed by atoms with Crippen LogP contribution in [-0.2, 0) is 0 Å².